The summed E-state index contributed by atoms with van der Waals surface area (Å²) in [7, 11) is 1.71. The third-order valence-electron chi connectivity index (χ3n) is 6.34. The molecule has 1 saturated heterocycles. The quantitative estimate of drug-likeness (QED) is 0.483. The first-order chi connectivity index (χ1) is 16.5. The Hall–Kier alpha value is -3.94. The van der Waals surface area contributed by atoms with Crippen LogP contribution in [0.4, 0.5) is 4.39 Å². The minimum atomic E-state index is -0.317. The Morgan fingerprint density at radius 2 is 1.82 bits per heavy atom. The number of nitrogens with zero attached hydrogens (tertiary/aromatic N) is 3. The summed E-state index contributed by atoms with van der Waals surface area (Å²) in [6, 6.07) is 17.1. The van der Waals surface area contributed by atoms with Gasteiger partial charge in [0.2, 0.25) is 0 Å². The van der Waals surface area contributed by atoms with E-state index in [0.717, 1.165) is 23.8 Å². The van der Waals surface area contributed by atoms with Gasteiger partial charge >= 0.3 is 0 Å². The molecule has 0 unspecified atom stereocenters. The van der Waals surface area contributed by atoms with Crippen LogP contribution in [0.2, 0.25) is 0 Å². The molecular weight excluding hydrogens is 435 g/mol. The summed E-state index contributed by atoms with van der Waals surface area (Å²) in [5.41, 5.74) is 2.51. The highest BCUT2D eigenvalue weighted by atomic mass is 19.1. The van der Waals surface area contributed by atoms with Crippen LogP contribution in [-0.2, 0) is 7.05 Å². The molecule has 5 rings (SSSR count). The molecule has 1 N–H and O–H groups in total. The first-order valence-corrected chi connectivity index (χ1v) is 11.3. The van der Waals surface area contributed by atoms with E-state index in [4.69, 9.17) is 4.42 Å². The van der Waals surface area contributed by atoms with Gasteiger partial charge in [-0.2, -0.15) is 5.10 Å². The van der Waals surface area contributed by atoms with Crippen LogP contribution < -0.4 is 5.32 Å². The summed E-state index contributed by atoms with van der Waals surface area (Å²) in [6.45, 7) is 1.77. The highest BCUT2D eigenvalue weighted by molar-refractivity contribution is 5.96. The molecule has 0 saturated carbocycles. The fourth-order valence-corrected chi connectivity index (χ4v) is 4.35. The van der Waals surface area contributed by atoms with E-state index in [-0.39, 0.29) is 23.5 Å². The molecule has 174 valence electrons. The number of para-hydroxylation sites is 1. The van der Waals surface area contributed by atoms with Crippen LogP contribution in [0, 0.1) is 11.7 Å². The average molecular weight is 461 g/mol. The standard InChI is InChI=1S/C26H25FN4O3/c1-30-22(15-21(29-30)18-6-8-20(27)9-7-18)25(32)28-16-17-10-12-31(13-11-17)26(33)24-14-19-4-2-3-5-23(19)34-24/h2-9,14-15,17H,10-13,16H2,1H3,(H,28,32). The molecule has 8 heteroatoms. The lowest BCUT2D eigenvalue weighted by Gasteiger charge is -2.31. The third kappa shape index (κ3) is 4.44. The fraction of sp³-hybridized carbons (Fsp3) is 0.269. The number of aryl methyl sites for hydroxylation is 1. The van der Waals surface area contributed by atoms with E-state index in [9.17, 15) is 14.0 Å². The molecule has 0 spiro atoms. The number of hydrogen-bond acceptors (Lipinski definition) is 4. The van der Waals surface area contributed by atoms with Gasteiger partial charge in [0.25, 0.3) is 11.8 Å². The molecule has 2 amide bonds. The van der Waals surface area contributed by atoms with Crippen molar-refractivity contribution in [1.82, 2.24) is 20.0 Å². The topological polar surface area (TPSA) is 80.4 Å². The molecule has 2 aromatic carbocycles. The monoisotopic (exact) mass is 460 g/mol. The normalized spacial score (nSPS) is 14.5. The maximum absolute atomic E-state index is 13.2. The van der Waals surface area contributed by atoms with E-state index in [1.54, 1.807) is 31.3 Å². The van der Waals surface area contributed by atoms with Crippen LogP contribution in [0.15, 0.2) is 65.1 Å². The lowest BCUT2D eigenvalue weighted by atomic mass is 9.96. The van der Waals surface area contributed by atoms with Gasteiger partial charge in [0, 0.05) is 37.6 Å². The molecule has 7 nitrogen and oxygen atoms in total. The van der Waals surface area contributed by atoms with E-state index >= 15 is 0 Å². The smallest absolute Gasteiger partial charge is 0.289 e. The number of fused-ring (bicyclic) bond motifs is 1. The van der Waals surface area contributed by atoms with Gasteiger partial charge in [-0.25, -0.2) is 4.39 Å². The van der Waals surface area contributed by atoms with Crippen LogP contribution in [0.1, 0.15) is 33.9 Å². The van der Waals surface area contributed by atoms with E-state index in [0.29, 0.717) is 42.4 Å². The van der Waals surface area contributed by atoms with Crippen LogP contribution in [0.25, 0.3) is 22.2 Å². The second-order valence-corrected chi connectivity index (χ2v) is 8.64. The summed E-state index contributed by atoms with van der Waals surface area (Å²) in [6.07, 6.45) is 1.61. The minimum Gasteiger partial charge on any atom is -0.451 e. The van der Waals surface area contributed by atoms with Crippen LogP contribution >= 0.6 is 0 Å². The molecular formula is C26H25FN4O3. The van der Waals surface area contributed by atoms with E-state index < -0.39 is 0 Å². The minimum absolute atomic E-state index is 0.0955. The number of nitrogens with one attached hydrogen (secondary N) is 1. The average Bonchev–Trinajstić information content (AvgIpc) is 3.46. The zero-order chi connectivity index (χ0) is 23.7. The SMILES string of the molecule is Cn1nc(-c2ccc(F)cc2)cc1C(=O)NCC1CCN(C(=O)c2cc3ccccc3o2)CC1. The molecule has 0 bridgehead atoms. The van der Waals surface area contributed by atoms with E-state index in [1.165, 1.54) is 16.8 Å². The van der Waals surface area contributed by atoms with Gasteiger partial charge in [-0.3, -0.25) is 14.3 Å². The fourth-order valence-electron chi connectivity index (χ4n) is 4.35. The van der Waals surface area contributed by atoms with Crippen molar-refractivity contribution in [2.45, 2.75) is 12.8 Å². The number of hydrogen-bond donors (Lipinski definition) is 1. The number of likely N-dealkylation sites (tertiary alicyclic amines) is 1. The molecule has 1 fully saturated rings. The van der Waals surface area contributed by atoms with Crippen molar-refractivity contribution >= 4 is 22.8 Å². The zero-order valence-corrected chi connectivity index (χ0v) is 18.8. The highest BCUT2D eigenvalue weighted by Crippen LogP contribution is 2.24. The van der Waals surface area contributed by atoms with E-state index in [2.05, 4.69) is 10.4 Å². The van der Waals surface area contributed by atoms with Crippen molar-refractivity contribution in [3.05, 3.63) is 77.9 Å². The Morgan fingerprint density at radius 1 is 1.09 bits per heavy atom. The van der Waals surface area contributed by atoms with Crippen molar-refractivity contribution in [1.29, 1.82) is 0 Å². The Morgan fingerprint density at radius 3 is 2.56 bits per heavy atom. The summed E-state index contributed by atoms with van der Waals surface area (Å²) in [5, 5.41) is 8.29. The maximum atomic E-state index is 13.2. The summed E-state index contributed by atoms with van der Waals surface area (Å²) < 4.78 is 20.4. The van der Waals surface area contributed by atoms with Gasteiger partial charge < -0.3 is 14.6 Å². The zero-order valence-electron chi connectivity index (χ0n) is 18.8. The number of piperidine rings is 1. The molecule has 1 aliphatic rings. The predicted octanol–water partition coefficient (Wildman–Crippen LogP) is 4.25. The van der Waals surface area contributed by atoms with Gasteiger partial charge in [0.1, 0.15) is 17.1 Å². The largest absolute Gasteiger partial charge is 0.451 e. The number of aromatic nitrogens is 2. The lowest BCUT2D eigenvalue weighted by molar-refractivity contribution is 0.0655. The molecule has 0 aliphatic carbocycles. The van der Waals surface area contributed by atoms with Gasteiger partial charge in [-0.15, -0.1) is 0 Å². The van der Waals surface area contributed by atoms with Gasteiger partial charge in [0.15, 0.2) is 5.76 Å². The van der Waals surface area contributed by atoms with Gasteiger partial charge in [0.05, 0.1) is 5.69 Å². The van der Waals surface area contributed by atoms with Gasteiger partial charge in [-0.1, -0.05) is 18.2 Å². The second-order valence-electron chi connectivity index (χ2n) is 8.64. The Bertz CT molecular complexity index is 1300. The van der Waals surface area contributed by atoms with Crippen molar-refractivity contribution < 1.29 is 18.4 Å². The lowest BCUT2D eigenvalue weighted by Crippen LogP contribution is -2.41. The summed E-state index contributed by atoms with van der Waals surface area (Å²) in [4.78, 5) is 27.4. The summed E-state index contributed by atoms with van der Waals surface area (Å²) in [5.74, 6) is 0.0311. The van der Waals surface area contributed by atoms with Crippen molar-refractivity contribution in [2.24, 2.45) is 13.0 Å². The highest BCUT2D eigenvalue weighted by Gasteiger charge is 2.26. The number of furan rings is 1. The Labute approximate surface area is 196 Å². The number of carbonyl (C=O) groups excluding carboxylic acids is 2. The molecule has 3 heterocycles. The molecule has 1 aliphatic heterocycles. The second kappa shape index (κ2) is 9.13. The van der Waals surface area contributed by atoms with Gasteiger partial charge in [-0.05, 0) is 61.2 Å². The molecule has 34 heavy (non-hydrogen) atoms. The van der Waals surface area contributed by atoms with Crippen molar-refractivity contribution in [2.75, 3.05) is 19.6 Å². The molecule has 2 aromatic heterocycles. The Balaban J connectivity index is 1.14. The van der Waals surface area contributed by atoms with E-state index in [1.807, 2.05) is 29.2 Å². The number of carbonyl (C=O) groups is 2. The Kier molecular flexibility index (Phi) is 5.88. The number of benzene rings is 2. The first kappa shape index (κ1) is 21.9. The maximum Gasteiger partial charge on any atom is 0.289 e. The summed E-state index contributed by atoms with van der Waals surface area (Å²) >= 11 is 0. The first-order valence-electron chi connectivity index (χ1n) is 11.3. The number of amides is 2. The van der Waals surface area contributed by atoms with Crippen LogP contribution in [0.3, 0.4) is 0 Å². The van der Waals surface area contributed by atoms with Crippen LogP contribution in [-0.4, -0.2) is 46.1 Å². The van der Waals surface area contributed by atoms with Crippen molar-refractivity contribution in [3.63, 3.8) is 0 Å². The number of rotatable bonds is 5. The van der Waals surface area contributed by atoms with Crippen molar-refractivity contribution in [3.8, 4) is 11.3 Å². The van der Waals surface area contributed by atoms with Crippen LogP contribution in [0.5, 0.6) is 0 Å². The number of halogens is 1. The third-order valence-corrected chi connectivity index (χ3v) is 6.34. The predicted molar refractivity (Wildman–Crippen MR) is 126 cm³/mol. The molecule has 0 atom stereocenters. The molecule has 0 radical (unpaired) electrons. The molecule has 4 aromatic rings.